The molecule has 1 aliphatic rings. The molecule has 0 spiro atoms. The largest absolute Gasteiger partial charge is 0.281 e. The van der Waals surface area contributed by atoms with Gasteiger partial charge in [-0.3, -0.25) is 4.79 Å². The molecular weight excluding hydrogens is 308 g/mol. The van der Waals surface area contributed by atoms with E-state index in [1.165, 1.54) is 51.4 Å². The van der Waals surface area contributed by atoms with Crippen LogP contribution in [0.4, 0.5) is 0 Å². The zero-order valence-electron chi connectivity index (χ0n) is 6.97. The Kier molecular flexibility index (Phi) is 16.4. The molecule has 64 valence electrons. The molecule has 11 heavy (non-hydrogen) atoms. The summed E-state index contributed by atoms with van der Waals surface area (Å²) >= 11 is 0. The van der Waals surface area contributed by atoms with Crippen molar-refractivity contribution in [3.05, 3.63) is 0 Å². The number of hydrogen-bond acceptors (Lipinski definition) is 1. The van der Waals surface area contributed by atoms with Gasteiger partial charge >= 0.3 is 0 Å². The Hall–Kier alpha value is 0.358. The van der Waals surface area contributed by atoms with Crippen LogP contribution in [-0.4, -0.2) is 6.79 Å². The van der Waals surface area contributed by atoms with E-state index in [0.717, 1.165) is 0 Å². The van der Waals surface area contributed by atoms with Gasteiger partial charge in [0.2, 0.25) is 0 Å². The van der Waals surface area contributed by atoms with Crippen molar-refractivity contribution in [1.29, 1.82) is 0 Å². The van der Waals surface area contributed by atoms with E-state index in [-0.39, 0.29) is 21.1 Å². The normalized spacial score (nSPS) is 17.8. The first-order chi connectivity index (χ1) is 5.00. The van der Waals surface area contributed by atoms with Crippen molar-refractivity contribution in [2.75, 3.05) is 0 Å². The standard InChI is InChI=1S/C8H16.CO.W/c1-2-4-6-8-7-5-3-1;1-2;/h1-8H2;;. The van der Waals surface area contributed by atoms with Crippen LogP contribution in [0.15, 0.2) is 0 Å². The van der Waals surface area contributed by atoms with Crippen molar-refractivity contribution in [3.8, 4) is 0 Å². The Balaban J connectivity index is 0. The number of carbonyl (C=O) groups excluding carboxylic acids is 1. The number of rotatable bonds is 0. The summed E-state index contributed by atoms with van der Waals surface area (Å²) in [6.45, 7) is 4.50. The molecule has 1 saturated carbocycles. The zero-order chi connectivity index (χ0) is 7.66. The molecular formula is C9H16OW. The smallest absolute Gasteiger partial charge is 0.281 e. The first kappa shape index (κ1) is 13.9. The molecule has 0 N–H and O–H groups in total. The summed E-state index contributed by atoms with van der Waals surface area (Å²) in [5.41, 5.74) is 0. The first-order valence-electron chi connectivity index (χ1n) is 4.20. The van der Waals surface area contributed by atoms with Crippen LogP contribution in [-0.2, 0) is 25.9 Å². The molecule has 0 atom stereocenters. The molecule has 0 heterocycles. The maximum absolute atomic E-state index is 7.50. The maximum atomic E-state index is 7.50. The van der Waals surface area contributed by atoms with Crippen LogP contribution in [0.1, 0.15) is 51.4 Å². The molecule has 0 aromatic carbocycles. The summed E-state index contributed by atoms with van der Waals surface area (Å²) in [5.74, 6) is 0. The van der Waals surface area contributed by atoms with E-state index in [4.69, 9.17) is 4.79 Å². The molecule has 1 fully saturated rings. The fraction of sp³-hybridized carbons (Fsp3) is 0.889. The maximum Gasteiger partial charge on any atom is 0.281 e. The van der Waals surface area contributed by atoms with Gasteiger partial charge in [-0.05, 0) is 0 Å². The van der Waals surface area contributed by atoms with Crippen molar-refractivity contribution < 1.29 is 25.9 Å². The van der Waals surface area contributed by atoms with Gasteiger partial charge < -0.3 is 0 Å². The summed E-state index contributed by atoms with van der Waals surface area (Å²) in [5, 5.41) is 0. The van der Waals surface area contributed by atoms with E-state index >= 15 is 0 Å². The molecule has 0 saturated heterocycles. The SMILES string of the molecule is C1CCCCCCC1.[C]=O.[W]. The summed E-state index contributed by atoms with van der Waals surface area (Å²) in [7, 11) is 0. The summed E-state index contributed by atoms with van der Waals surface area (Å²) in [6.07, 6.45) is 12.0. The van der Waals surface area contributed by atoms with Crippen LogP contribution in [0.25, 0.3) is 0 Å². The molecule has 2 heteroatoms. The Labute approximate surface area is 84.2 Å². The van der Waals surface area contributed by atoms with Gasteiger partial charge in [-0.1, -0.05) is 51.4 Å². The third kappa shape index (κ3) is 10.4. The minimum atomic E-state index is 0. The molecule has 0 bridgehead atoms. The molecule has 0 amide bonds. The van der Waals surface area contributed by atoms with Gasteiger partial charge in [0.05, 0.1) is 0 Å². The van der Waals surface area contributed by atoms with Crippen LogP contribution in [0.5, 0.6) is 0 Å². The summed E-state index contributed by atoms with van der Waals surface area (Å²) in [4.78, 5) is 7.50. The first-order valence-corrected chi connectivity index (χ1v) is 4.20. The molecule has 0 aliphatic heterocycles. The summed E-state index contributed by atoms with van der Waals surface area (Å²) in [6, 6.07) is 0. The second-order valence-corrected chi connectivity index (χ2v) is 2.83. The molecule has 2 radical (unpaired) electrons. The zero-order valence-corrected chi connectivity index (χ0v) is 9.91. The van der Waals surface area contributed by atoms with Gasteiger partial charge in [0.15, 0.2) is 0 Å². The molecule has 1 rings (SSSR count). The van der Waals surface area contributed by atoms with E-state index in [1.807, 2.05) is 0 Å². The molecule has 0 unspecified atom stereocenters. The third-order valence-electron chi connectivity index (χ3n) is 2.00. The topological polar surface area (TPSA) is 17.1 Å². The van der Waals surface area contributed by atoms with Crippen LogP contribution < -0.4 is 0 Å². The average Bonchev–Trinajstić information content (AvgIpc) is 1.90. The van der Waals surface area contributed by atoms with E-state index in [0.29, 0.717) is 0 Å². The van der Waals surface area contributed by atoms with E-state index in [2.05, 4.69) is 6.79 Å². The molecule has 1 nitrogen and oxygen atoms in total. The van der Waals surface area contributed by atoms with Crippen LogP contribution in [0.3, 0.4) is 0 Å². The number of hydrogen-bond donors (Lipinski definition) is 0. The van der Waals surface area contributed by atoms with Gasteiger partial charge in [-0.25, -0.2) is 0 Å². The predicted molar refractivity (Wildman–Crippen MR) is 42.6 cm³/mol. The van der Waals surface area contributed by atoms with E-state index in [9.17, 15) is 0 Å². The van der Waals surface area contributed by atoms with Gasteiger partial charge in [-0.15, -0.1) is 0 Å². The van der Waals surface area contributed by atoms with Crippen molar-refractivity contribution in [1.82, 2.24) is 0 Å². The monoisotopic (exact) mass is 324 g/mol. The second-order valence-electron chi connectivity index (χ2n) is 2.83. The Morgan fingerprint density at radius 2 is 0.636 bits per heavy atom. The van der Waals surface area contributed by atoms with E-state index < -0.39 is 0 Å². The summed E-state index contributed by atoms with van der Waals surface area (Å²) < 4.78 is 0. The van der Waals surface area contributed by atoms with E-state index in [1.54, 1.807) is 0 Å². The Morgan fingerprint density at radius 3 is 0.727 bits per heavy atom. The fourth-order valence-corrected chi connectivity index (χ4v) is 1.41. The predicted octanol–water partition coefficient (Wildman–Crippen LogP) is 2.72. The minimum absolute atomic E-state index is 0. The Morgan fingerprint density at radius 1 is 0.545 bits per heavy atom. The second kappa shape index (κ2) is 13.0. The van der Waals surface area contributed by atoms with Gasteiger partial charge in [0.25, 0.3) is 6.79 Å². The average molecular weight is 324 g/mol. The Bertz CT molecular complexity index is 42.6. The molecule has 0 aromatic heterocycles. The van der Waals surface area contributed by atoms with Crippen LogP contribution >= 0.6 is 0 Å². The van der Waals surface area contributed by atoms with Gasteiger partial charge in [-0.2, -0.15) is 0 Å². The minimum Gasteiger partial charge on any atom is -0.281 e. The quantitative estimate of drug-likeness (QED) is 0.670. The van der Waals surface area contributed by atoms with Crippen molar-refractivity contribution in [2.24, 2.45) is 0 Å². The fourth-order valence-electron chi connectivity index (χ4n) is 1.41. The van der Waals surface area contributed by atoms with Gasteiger partial charge in [0, 0.05) is 21.1 Å². The van der Waals surface area contributed by atoms with Gasteiger partial charge in [0.1, 0.15) is 0 Å². The van der Waals surface area contributed by atoms with Crippen molar-refractivity contribution in [2.45, 2.75) is 51.4 Å². The molecule has 1 aliphatic carbocycles. The van der Waals surface area contributed by atoms with Crippen LogP contribution in [0, 0.1) is 0 Å². The third-order valence-corrected chi connectivity index (χ3v) is 2.00. The molecule has 0 aromatic rings. The van der Waals surface area contributed by atoms with Crippen LogP contribution in [0.2, 0.25) is 0 Å². The van der Waals surface area contributed by atoms with Crippen molar-refractivity contribution >= 4 is 6.79 Å². The van der Waals surface area contributed by atoms with Crippen molar-refractivity contribution in [3.63, 3.8) is 0 Å².